The molecule has 0 bridgehead atoms. The van der Waals surface area contributed by atoms with Crippen LogP contribution in [-0.2, 0) is 21.4 Å². The Hall–Kier alpha value is -3.39. The standard InChI is InChI=1S/C21H21N3O4S/c1-16-13-19(29(26,27)24-17-7-3-2-4-8-17)10-11-20(16)28-15-21(25)23-14-18-9-5-6-12-22-18/h2-13,24H,14-15H2,1H3,(H,23,25). The Morgan fingerprint density at radius 1 is 1.03 bits per heavy atom. The van der Waals surface area contributed by atoms with E-state index in [1.807, 2.05) is 12.1 Å². The second kappa shape index (κ2) is 9.20. The van der Waals surface area contributed by atoms with Crippen LogP contribution in [0.25, 0.3) is 0 Å². The zero-order valence-corrected chi connectivity index (χ0v) is 16.6. The van der Waals surface area contributed by atoms with E-state index in [0.717, 1.165) is 5.69 Å². The number of aromatic nitrogens is 1. The van der Waals surface area contributed by atoms with Crippen LogP contribution >= 0.6 is 0 Å². The third-order valence-corrected chi connectivity index (χ3v) is 5.41. The second-order valence-corrected chi connectivity index (χ2v) is 7.97. The summed E-state index contributed by atoms with van der Waals surface area (Å²) in [5.74, 6) is 0.147. The fourth-order valence-electron chi connectivity index (χ4n) is 2.56. The summed E-state index contributed by atoms with van der Waals surface area (Å²) in [7, 11) is -3.71. The van der Waals surface area contributed by atoms with Crippen molar-refractivity contribution in [3.05, 3.63) is 84.2 Å². The molecule has 0 saturated heterocycles. The SMILES string of the molecule is Cc1cc(S(=O)(=O)Nc2ccccc2)ccc1OCC(=O)NCc1ccccn1. The molecule has 150 valence electrons. The maximum Gasteiger partial charge on any atom is 0.261 e. The fraction of sp³-hybridized carbons (Fsp3) is 0.143. The maximum atomic E-state index is 12.5. The highest BCUT2D eigenvalue weighted by atomic mass is 32.2. The predicted octanol–water partition coefficient (Wildman–Crippen LogP) is 2.89. The number of carbonyl (C=O) groups is 1. The van der Waals surface area contributed by atoms with Gasteiger partial charge in [-0.2, -0.15) is 0 Å². The number of amides is 1. The third kappa shape index (κ3) is 5.79. The molecule has 0 aliphatic heterocycles. The van der Waals surface area contributed by atoms with Gasteiger partial charge < -0.3 is 10.1 Å². The van der Waals surface area contributed by atoms with Gasteiger partial charge in [-0.1, -0.05) is 24.3 Å². The first-order valence-electron chi connectivity index (χ1n) is 8.92. The van der Waals surface area contributed by atoms with E-state index >= 15 is 0 Å². The predicted molar refractivity (Wildman–Crippen MR) is 110 cm³/mol. The highest BCUT2D eigenvalue weighted by Gasteiger charge is 2.16. The van der Waals surface area contributed by atoms with Gasteiger partial charge in [0.05, 0.1) is 17.1 Å². The van der Waals surface area contributed by atoms with Crippen molar-refractivity contribution >= 4 is 21.6 Å². The van der Waals surface area contributed by atoms with Gasteiger partial charge in [-0.3, -0.25) is 14.5 Å². The highest BCUT2D eigenvalue weighted by Crippen LogP contribution is 2.23. The van der Waals surface area contributed by atoms with Crippen LogP contribution in [0.5, 0.6) is 5.75 Å². The van der Waals surface area contributed by atoms with Gasteiger partial charge in [0.2, 0.25) is 0 Å². The Balaban J connectivity index is 1.58. The lowest BCUT2D eigenvalue weighted by Crippen LogP contribution is -2.28. The van der Waals surface area contributed by atoms with E-state index < -0.39 is 10.0 Å². The van der Waals surface area contributed by atoms with E-state index in [-0.39, 0.29) is 17.4 Å². The molecule has 3 rings (SSSR count). The Morgan fingerprint density at radius 2 is 1.79 bits per heavy atom. The number of aryl methyl sites for hydroxylation is 1. The molecule has 0 aliphatic carbocycles. The summed E-state index contributed by atoms with van der Waals surface area (Å²) in [6.07, 6.45) is 1.66. The molecule has 0 unspecified atom stereocenters. The summed E-state index contributed by atoms with van der Waals surface area (Å²) < 4.78 is 33.1. The zero-order chi connectivity index (χ0) is 20.7. The molecule has 1 aromatic heterocycles. The van der Waals surface area contributed by atoms with Crippen molar-refractivity contribution < 1.29 is 17.9 Å². The average molecular weight is 411 g/mol. The number of para-hydroxylation sites is 1. The molecule has 0 aliphatic rings. The summed E-state index contributed by atoms with van der Waals surface area (Å²) in [6.45, 7) is 1.86. The Kier molecular flexibility index (Phi) is 6.46. The molecule has 29 heavy (non-hydrogen) atoms. The molecule has 0 radical (unpaired) electrons. The van der Waals surface area contributed by atoms with Gasteiger partial charge in [0, 0.05) is 11.9 Å². The van der Waals surface area contributed by atoms with E-state index in [0.29, 0.717) is 23.5 Å². The van der Waals surface area contributed by atoms with Gasteiger partial charge in [0.1, 0.15) is 5.75 Å². The number of rotatable bonds is 8. The lowest BCUT2D eigenvalue weighted by Gasteiger charge is -2.12. The number of ether oxygens (including phenoxy) is 1. The molecule has 2 aromatic carbocycles. The molecule has 0 fully saturated rings. The van der Waals surface area contributed by atoms with Crippen LogP contribution in [0.4, 0.5) is 5.69 Å². The smallest absolute Gasteiger partial charge is 0.261 e. The number of hydrogen-bond acceptors (Lipinski definition) is 5. The molecule has 3 aromatic rings. The van der Waals surface area contributed by atoms with Crippen molar-refractivity contribution in [3.8, 4) is 5.75 Å². The largest absolute Gasteiger partial charge is 0.484 e. The van der Waals surface area contributed by atoms with E-state index in [4.69, 9.17) is 4.74 Å². The van der Waals surface area contributed by atoms with E-state index in [9.17, 15) is 13.2 Å². The summed E-state index contributed by atoms with van der Waals surface area (Å²) in [5.41, 5.74) is 1.84. The number of hydrogen-bond donors (Lipinski definition) is 2. The van der Waals surface area contributed by atoms with Gasteiger partial charge in [-0.05, 0) is 55.0 Å². The van der Waals surface area contributed by atoms with E-state index in [2.05, 4.69) is 15.0 Å². The molecule has 0 saturated carbocycles. The van der Waals surface area contributed by atoms with Gasteiger partial charge in [0.15, 0.2) is 6.61 Å². The van der Waals surface area contributed by atoms with E-state index in [1.165, 1.54) is 12.1 Å². The van der Waals surface area contributed by atoms with Crippen molar-refractivity contribution in [3.63, 3.8) is 0 Å². The Morgan fingerprint density at radius 3 is 2.48 bits per heavy atom. The molecule has 8 heteroatoms. The van der Waals surface area contributed by atoms with Crippen LogP contribution in [0.3, 0.4) is 0 Å². The summed E-state index contributed by atoms with van der Waals surface area (Å²) in [5, 5.41) is 2.72. The molecule has 0 spiro atoms. The molecular formula is C21H21N3O4S. The number of anilines is 1. The summed E-state index contributed by atoms with van der Waals surface area (Å²) >= 11 is 0. The molecule has 7 nitrogen and oxygen atoms in total. The maximum absolute atomic E-state index is 12.5. The number of benzene rings is 2. The van der Waals surface area contributed by atoms with Gasteiger partial charge in [-0.25, -0.2) is 8.42 Å². The summed E-state index contributed by atoms with van der Waals surface area (Å²) in [4.78, 5) is 16.2. The lowest BCUT2D eigenvalue weighted by molar-refractivity contribution is -0.123. The second-order valence-electron chi connectivity index (χ2n) is 6.29. The number of nitrogens with zero attached hydrogens (tertiary/aromatic N) is 1. The first-order chi connectivity index (χ1) is 13.9. The van der Waals surface area contributed by atoms with Crippen LogP contribution in [0.2, 0.25) is 0 Å². The van der Waals surface area contributed by atoms with Crippen molar-refractivity contribution in [2.75, 3.05) is 11.3 Å². The van der Waals surface area contributed by atoms with E-state index in [1.54, 1.807) is 55.6 Å². The average Bonchev–Trinajstić information content (AvgIpc) is 2.72. The first kappa shape index (κ1) is 20.3. The van der Waals surface area contributed by atoms with Crippen molar-refractivity contribution in [2.45, 2.75) is 18.4 Å². The Labute approximate surface area is 169 Å². The van der Waals surface area contributed by atoms with Crippen molar-refractivity contribution in [2.24, 2.45) is 0 Å². The third-order valence-electron chi connectivity index (χ3n) is 4.03. The Bertz CT molecular complexity index is 1070. The molecule has 1 heterocycles. The minimum Gasteiger partial charge on any atom is -0.484 e. The fourth-order valence-corrected chi connectivity index (χ4v) is 3.70. The van der Waals surface area contributed by atoms with Crippen molar-refractivity contribution in [1.29, 1.82) is 0 Å². The molecule has 1 amide bonds. The van der Waals surface area contributed by atoms with Crippen LogP contribution < -0.4 is 14.8 Å². The van der Waals surface area contributed by atoms with Crippen molar-refractivity contribution in [1.82, 2.24) is 10.3 Å². The van der Waals surface area contributed by atoms with Gasteiger partial charge in [0.25, 0.3) is 15.9 Å². The minimum absolute atomic E-state index is 0.116. The topological polar surface area (TPSA) is 97.4 Å². The van der Waals surface area contributed by atoms with Crippen LogP contribution in [-0.4, -0.2) is 25.9 Å². The van der Waals surface area contributed by atoms with Gasteiger partial charge >= 0.3 is 0 Å². The minimum atomic E-state index is -3.71. The molecular weight excluding hydrogens is 390 g/mol. The van der Waals surface area contributed by atoms with Gasteiger partial charge in [-0.15, -0.1) is 0 Å². The monoisotopic (exact) mass is 411 g/mol. The zero-order valence-electron chi connectivity index (χ0n) is 15.8. The lowest BCUT2D eigenvalue weighted by atomic mass is 10.2. The summed E-state index contributed by atoms with van der Waals surface area (Å²) in [6, 6.07) is 18.6. The van der Waals surface area contributed by atoms with Crippen LogP contribution in [0.1, 0.15) is 11.3 Å². The number of nitrogens with one attached hydrogen (secondary N) is 2. The highest BCUT2D eigenvalue weighted by molar-refractivity contribution is 7.92. The molecule has 2 N–H and O–H groups in total. The quantitative estimate of drug-likeness (QED) is 0.594. The number of carbonyl (C=O) groups excluding carboxylic acids is 1. The number of pyridine rings is 1. The normalized spacial score (nSPS) is 10.9. The first-order valence-corrected chi connectivity index (χ1v) is 10.4. The number of sulfonamides is 1. The van der Waals surface area contributed by atoms with Crippen LogP contribution in [0, 0.1) is 6.92 Å². The molecule has 0 atom stereocenters. The van der Waals surface area contributed by atoms with Crippen LogP contribution in [0.15, 0.2) is 77.8 Å².